The number of β-lactam (4-membered cyclic amide) rings is 1. The Kier molecular flexibility index (Phi) is 5.85. The molecule has 3 aromatic rings. The number of nitrogens with zero attached hydrogens (tertiary/aromatic N) is 2. The summed E-state index contributed by atoms with van der Waals surface area (Å²) >= 11 is 1.24. The van der Waals surface area contributed by atoms with E-state index < -0.39 is 52.9 Å². The van der Waals surface area contributed by atoms with E-state index in [-0.39, 0.29) is 16.9 Å². The molecule has 1 N–H and O–H groups in total. The van der Waals surface area contributed by atoms with Gasteiger partial charge >= 0.3 is 5.97 Å². The maximum atomic E-state index is 13.7. The fourth-order valence-corrected chi connectivity index (χ4v) is 6.85. The van der Waals surface area contributed by atoms with Gasteiger partial charge in [0.05, 0.1) is 11.1 Å². The number of carbonyl (C=O) groups is 4. The SMILES string of the molecule is CC1(O)CS[C@@H]2C(N3C(=O)c4ccccc4C3=O)C(=O)N2C1C(=O)OC(c1ccccc1)c1ccccc1. The van der Waals surface area contributed by atoms with Crippen LogP contribution in [0.5, 0.6) is 0 Å². The number of amides is 3. The Bertz CT molecular complexity index is 1370. The number of hydrogen-bond donors (Lipinski definition) is 1. The highest BCUT2D eigenvalue weighted by molar-refractivity contribution is 8.00. The van der Waals surface area contributed by atoms with E-state index in [4.69, 9.17) is 4.74 Å². The summed E-state index contributed by atoms with van der Waals surface area (Å²) < 4.78 is 6.00. The molecule has 3 unspecified atom stereocenters. The van der Waals surface area contributed by atoms with Gasteiger partial charge in [-0.05, 0) is 30.2 Å². The monoisotopic (exact) mass is 528 g/mol. The van der Waals surface area contributed by atoms with Crippen LogP contribution in [0.1, 0.15) is 44.9 Å². The third-order valence-corrected chi connectivity index (χ3v) is 8.81. The first-order valence-electron chi connectivity index (χ1n) is 12.2. The van der Waals surface area contributed by atoms with Crippen LogP contribution in [0.15, 0.2) is 84.9 Å². The molecule has 0 radical (unpaired) electrons. The number of esters is 1. The van der Waals surface area contributed by atoms with Crippen LogP contribution < -0.4 is 0 Å². The van der Waals surface area contributed by atoms with Crippen molar-refractivity contribution in [2.45, 2.75) is 36.1 Å². The van der Waals surface area contributed by atoms with Crippen molar-refractivity contribution in [3.8, 4) is 0 Å². The van der Waals surface area contributed by atoms with Crippen LogP contribution in [-0.2, 0) is 14.3 Å². The van der Waals surface area contributed by atoms with Crippen LogP contribution in [0.4, 0.5) is 0 Å². The van der Waals surface area contributed by atoms with Gasteiger partial charge in [0.2, 0.25) is 0 Å². The van der Waals surface area contributed by atoms with Crippen LogP contribution in [-0.4, -0.2) is 67.4 Å². The fraction of sp³-hybridized carbons (Fsp3) is 0.241. The standard InChI is InChI=1S/C29H24N2O6S/c1-29(36)16-38-27-21(30-24(32)19-14-8-9-15-20(19)25(30)33)26(34)31(27)23(29)28(35)37-22(17-10-4-2-5-11-17)18-12-6-3-7-13-18/h2-15,21-23,27,36H,16H2,1H3/t21?,23?,27-,29?/m1/s1. The predicted octanol–water partition coefficient (Wildman–Crippen LogP) is 3.02. The van der Waals surface area contributed by atoms with Gasteiger partial charge in [-0.3, -0.25) is 19.3 Å². The lowest BCUT2D eigenvalue weighted by atomic mass is 9.90. The maximum absolute atomic E-state index is 13.7. The second kappa shape index (κ2) is 9.11. The Morgan fingerprint density at radius 3 is 1.92 bits per heavy atom. The minimum absolute atomic E-state index is 0.113. The number of ether oxygens (including phenoxy) is 1. The second-order valence-electron chi connectivity index (χ2n) is 9.82. The molecule has 0 aliphatic carbocycles. The summed E-state index contributed by atoms with van der Waals surface area (Å²) in [6.45, 7) is 1.49. The molecule has 3 amide bonds. The van der Waals surface area contributed by atoms with Gasteiger partial charge in [0.25, 0.3) is 17.7 Å². The van der Waals surface area contributed by atoms with E-state index in [9.17, 15) is 24.3 Å². The van der Waals surface area contributed by atoms with Crippen LogP contribution >= 0.6 is 11.8 Å². The van der Waals surface area contributed by atoms with Crippen molar-refractivity contribution in [1.82, 2.24) is 9.80 Å². The van der Waals surface area contributed by atoms with E-state index in [0.717, 1.165) is 16.0 Å². The normalized spacial score (nSPS) is 26.2. The zero-order chi connectivity index (χ0) is 26.6. The molecule has 3 aromatic carbocycles. The van der Waals surface area contributed by atoms with Crippen LogP contribution in [0.3, 0.4) is 0 Å². The first kappa shape index (κ1) is 24.4. The van der Waals surface area contributed by atoms with E-state index in [1.54, 1.807) is 24.3 Å². The van der Waals surface area contributed by atoms with Crippen molar-refractivity contribution in [1.29, 1.82) is 0 Å². The molecule has 38 heavy (non-hydrogen) atoms. The Hall–Kier alpha value is -3.95. The van der Waals surface area contributed by atoms with Gasteiger partial charge in [0.15, 0.2) is 12.1 Å². The maximum Gasteiger partial charge on any atom is 0.332 e. The van der Waals surface area contributed by atoms with E-state index in [1.807, 2.05) is 60.7 Å². The Balaban J connectivity index is 1.29. The lowest BCUT2D eigenvalue weighted by Crippen LogP contribution is -2.79. The fourth-order valence-electron chi connectivity index (χ4n) is 5.38. The Morgan fingerprint density at radius 2 is 1.39 bits per heavy atom. The molecule has 6 rings (SSSR count). The lowest BCUT2D eigenvalue weighted by Gasteiger charge is -2.57. The molecule has 8 nitrogen and oxygen atoms in total. The molecule has 2 saturated heterocycles. The van der Waals surface area contributed by atoms with Gasteiger partial charge in [-0.2, -0.15) is 0 Å². The summed E-state index contributed by atoms with van der Waals surface area (Å²) in [5, 5.41) is 10.6. The Morgan fingerprint density at radius 1 is 0.895 bits per heavy atom. The van der Waals surface area contributed by atoms with Crippen molar-refractivity contribution in [3.63, 3.8) is 0 Å². The summed E-state index contributed by atoms with van der Waals surface area (Å²) in [5.74, 6) is -2.28. The van der Waals surface area contributed by atoms with Crippen molar-refractivity contribution in [3.05, 3.63) is 107 Å². The highest BCUT2D eigenvalue weighted by atomic mass is 32.2. The number of rotatable bonds is 5. The van der Waals surface area contributed by atoms with Gasteiger partial charge in [-0.1, -0.05) is 72.8 Å². The molecule has 4 atom stereocenters. The molecule has 3 heterocycles. The molecule has 192 valence electrons. The Labute approximate surface area is 223 Å². The zero-order valence-corrected chi connectivity index (χ0v) is 21.2. The van der Waals surface area contributed by atoms with E-state index in [2.05, 4.69) is 0 Å². The topological polar surface area (TPSA) is 104 Å². The molecule has 0 spiro atoms. The van der Waals surface area contributed by atoms with Crippen molar-refractivity contribution in [2.24, 2.45) is 0 Å². The largest absolute Gasteiger partial charge is 0.451 e. The summed E-state index contributed by atoms with van der Waals surface area (Å²) in [4.78, 5) is 55.6. The lowest BCUT2D eigenvalue weighted by molar-refractivity contribution is -0.182. The van der Waals surface area contributed by atoms with Crippen LogP contribution in [0.25, 0.3) is 0 Å². The molecular weight excluding hydrogens is 504 g/mol. The molecule has 0 aromatic heterocycles. The average molecular weight is 529 g/mol. The van der Waals surface area contributed by atoms with E-state index in [1.165, 1.54) is 23.6 Å². The number of carbonyl (C=O) groups excluding carboxylic acids is 4. The first-order chi connectivity index (χ1) is 18.3. The van der Waals surface area contributed by atoms with Crippen molar-refractivity contribution in [2.75, 3.05) is 5.75 Å². The third-order valence-electron chi connectivity index (χ3n) is 7.23. The molecule has 9 heteroatoms. The molecular formula is C29H24N2O6S. The van der Waals surface area contributed by atoms with Crippen LogP contribution in [0, 0.1) is 0 Å². The molecule has 3 aliphatic heterocycles. The molecule has 3 aliphatic rings. The number of hydrogen-bond acceptors (Lipinski definition) is 7. The van der Waals surface area contributed by atoms with Gasteiger partial charge in [0, 0.05) is 5.75 Å². The second-order valence-corrected chi connectivity index (χ2v) is 10.9. The van der Waals surface area contributed by atoms with Crippen molar-refractivity contribution < 1.29 is 29.0 Å². The number of benzene rings is 3. The van der Waals surface area contributed by atoms with E-state index >= 15 is 0 Å². The van der Waals surface area contributed by atoms with E-state index in [0.29, 0.717) is 0 Å². The zero-order valence-electron chi connectivity index (χ0n) is 20.4. The summed E-state index contributed by atoms with van der Waals surface area (Å²) in [6, 6.07) is 22.5. The molecule has 0 bridgehead atoms. The minimum Gasteiger partial charge on any atom is -0.451 e. The van der Waals surface area contributed by atoms with Gasteiger partial charge in [0.1, 0.15) is 17.0 Å². The van der Waals surface area contributed by atoms with Gasteiger partial charge in [-0.25, -0.2) is 4.79 Å². The minimum atomic E-state index is -1.58. The van der Waals surface area contributed by atoms with Gasteiger partial charge in [-0.15, -0.1) is 11.8 Å². The quantitative estimate of drug-likeness (QED) is 0.308. The number of fused-ring (bicyclic) bond motifs is 2. The van der Waals surface area contributed by atoms with Crippen LogP contribution in [0.2, 0.25) is 0 Å². The highest BCUT2D eigenvalue weighted by Gasteiger charge is 2.65. The van der Waals surface area contributed by atoms with Gasteiger partial charge < -0.3 is 14.7 Å². The average Bonchev–Trinajstić information content (AvgIpc) is 3.17. The number of thioether (sulfide) groups is 1. The molecule has 2 fully saturated rings. The first-order valence-corrected chi connectivity index (χ1v) is 13.3. The smallest absolute Gasteiger partial charge is 0.332 e. The third kappa shape index (κ3) is 3.73. The summed E-state index contributed by atoms with van der Waals surface area (Å²) in [7, 11) is 0. The van der Waals surface area contributed by atoms with Crippen molar-refractivity contribution >= 4 is 35.5 Å². The highest BCUT2D eigenvalue weighted by Crippen LogP contribution is 2.46. The summed E-state index contributed by atoms with van der Waals surface area (Å²) in [5.41, 5.74) is 0.403. The predicted molar refractivity (Wildman–Crippen MR) is 139 cm³/mol. The number of aliphatic hydroxyl groups is 1. The number of imide groups is 1. The molecule has 0 saturated carbocycles. The summed E-state index contributed by atoms with van der Waals surface area (Å²) in [6.07, 6.45) is -0.753.